The van der Waals surface area contributed by atoms with Gasteiger partial charge in [0.15, 0.2) is 0 Å². The van der Waals surface area contributed by atoms with E-state index in [-0.39, 0.29) is 11.8 Å². The van der Waals surface area contributed by atoms with Gasteiger partial charge < -0.3 is 14.7 Å². The van der Waals surface area contributed by atoms with Gasteiger partial charge in [0.2, 0.25) is 5.91 Å². The van der Waals surface area contributed by atoms with Crippen molar-refractivity contribution in [1.82, 2.24) is 4.90 Å². The molecule has 146 valence electrons. The van der Waals surface area contributed by atoms with E-state index in [1.165, 1.54) is 0 Å². The number of likely N-dealkylation sites (tertiary alicyclic amines) is 1. The van der Waals surface area contributed by atoms with E-state index in [0.717, 1.165) is 16.9 Å². The van der Waals surface area contributed by atoms with E-state index in [1.807, 2.05) is 42.5 Å². The minimum Gasteiger partial charge on any atom is -0.492 e. The number of carbonyl (C=O) groups excluding carboxylic acids is 1. The van der Waals surface area contributed by atoms with Crippen LogP contribution in [0.1, 0.15) is 24.0 Å². The average Bonchev–Trinajstić information content (AvgIpc) is 2.73. The van der Waals surface area contributed by atoms with Crippen LogP contribution in [0.5, 0.6) is 5.75 Å². The van der Waals surface area contributed by atoms with Crippen LogP contribution < -0.4 is 4.74 Å². The summed E-state index contributed by atoms with van der Waals surface area (Å²) in [7, 11) is 0. The lowest BCUT2D eigenvalue weighted by Crippen LogP contribution is -2.51. The largest absolute Gasteiger partial charge is 0.492 e. The summed E-state index contributed by atoms with van der Waals surface area (Å²) >= 11 is 6.07. The Balaban J connectivity index is 1.46. The van der Waals surface area contributed by atoms with E-state index in [4.69, 9.17) is 16.3 Å². The lowest BCUT2D eigenvalue weighted by Gasteiger charge is -2.40. The van der Waals surface area contributed by atoms with Gasteiger partial charge in [-0.15, -0.1) is 0 Å². The van der Waals surface area contributed by atoms with Crippen LogP contribution in [0.25, 0.3) is 0 Å². The number of carboxylic acid groups (broad SMARTS) is 1. The van der Waals surface area contributed by atoms with E-state index < -0.39 is 11.4 Å². The van der Waals surface area contributed by atoms with Crippen LogP contribution in [-0.4, -0.2) is 41.6 Å². The lowest BCUT2D eigenvalue weighted by molar-refractivity contribution is -0.149. The van der Waals surface area contributed by atoms with Crippen LogP contribution in [0.15, 0.2) is 48.5 Å². The van der Waals surface area contributed by atoms with Crippen molar-refractivity contribution in [3.63, 3.8) is 0 Å². The van der Waals surface area contributed by atoms with Gasteiger partial charge in [0.1, 0.15) is 12.4 Å². The molecule has 5 nitrogen and oxygen atoms in total. The van der Waals surface area contributed by atoms with Crippen LogP contribution >= 0.6 is 11.6 Å². The number of hydrogen-bond acceptors (Lipinski definition) is 3. The van der Waals surface area contributed by atoms with Crippen molar-refractivity contribution in [3.05, 3.63) is 64.7 Å². The van der Waals surface area contributed by atoms with Crippen LogP contribution in [0, 0.1) is 5.92 Å². The fraction of sp³-hybridized carbons (Fsp3) is 0.364. The summed E-state index contributed by atoms with van der Waals surface area (Å²) in [5.74, 6) is -0.283. The first-order chi connectivity index (χ1) is 13.5. The number of hydrogen-bond donors (Lipinski definition) is 1. The van der Waals surface area contributed by atoms with Crippen LogP contribution in [-0.2, 0) is 21.4 Å². The van der Waals surface area contributed by atoms with E-state index in [9.17, 15) is 14.7 Å². The topological polar surface area (TPSA) is 66.8 Å². The summed E-state index contributed by atoms with van der Waals surface area (Å²) in [5, 5.41) is 10.5. The van der Waals surface area contributed by atoms with Gasteiger partial charge in [-0.1, -0.05) is 41.9 Å². The van der Waals surface area contributed by atoms with Crippen LogP contribution in [0.4, 0.5) is 0 Å². The highest BCUT2D eigenvalue weighted by molar-refractivity contribution is 6.30. The van der Waals surface area contributed by atoms with Gasteiger partial charge in [-0.25, -0.2) is 0 Å². The maximum absolute atomic E-state index is 13.0. The Hall–Kier alpha value is -2.53. The lowest BCUT2D eigenvalue weighted by atomic mass is 9.72. The summed E-state index contributed by atoms with van der Waals surface area (Å²) < 4.78 is 5.75. The van der Waals surface area contributed by atoms with E-state index in [0.29, 0.717) is 44.0 Å². The number of rotatable bonds is 3. The zero-order chi connectivity index (χ0) is 19.7. The van der Waals surface area contributed by atoms with Crippen molar-refractivity contribution in [2.24, 2.45) is 5.92 Å². The van der Waals surface area contributed by atoms with Gasteiger partial charge in [-0.2, -0.15) is 0 Å². The highest BCUT2D eigenvalue weighted by atomic mass is 35.5. The number of nitrogens with zero attached hydrogens (tertiary/aromatic N) is 1. The molecule has 0 radical (unpaired) electrons. The molecule has 0 spiro atoms. The van der Waals surface area contributed by atoms with Crippen molar-refractivity contribution in [2.75, 3.05) is 19.7 Å². The van der Waals surface area contributed by atoms with Crippen molar-refractivity contribution < 1.29 is 19.4 Å². The molecule has 2 heterocycles. The number of amides is 1. The first-order valence-corrected chi connectivity index (χ1v) is 9.86. The molecule has 0 aromatic heterocycles. The highest BCUT2D eigenvalue weighted by Crippen LogP contribution is 2.37. The predicted octanol–water partition coefficient (Wildman–Crippen LogP) is 3.54. The second-order valence-electron chi connectivity index (χ2n) is 7.54. The highest BCUT2D eigenvalue weighted by Gasteiger charge is 2.44. The minimum atomic E-state index is -0.929. The fourth-order valence-electron chi connectivity index (χ4n) is 4.27. The maximum atomic E-state index is 13.0. The molecule has 2 aromatic carbocycles. The van der Waals surface area contributed by atoms with Crippen molar-refractivity contribution >= 4 is 23.5 Å². The van der Waals surface area contributed by atoms with Gasteiger partial charge in [0.25, 0.3) is 0 Å². The van der Waals surface area contributed by atoms with Crippen molar-refractivity contribution in [3.8, 4) is 5.75 Å². The molecule has 2 aliphatic rings. The Morgan fingerprint density at radius 3 is 2.50 bits per heavy atom. The van der Waals surface area contributed by atoms with Crippen LogP contribution in [0.2, 0.25) is 5.02 Å². The third kappa shape index (κ3) is 3.35. The number of carbonyl (C=O) groups is 2. The fourth-order valence-corrected chi connectivity index (χ4v) is 4.47. The number of carboxylic acids is 1. The Labute approximate surface area is 168 Å². The number of halogens is 1. The monoisotopic (exact) mass is 399 g/mol. The summed E-state index contributed by atoms with van der Waals surface area (Å²) in [4.78, 5) is 26.9. The van der Waals surface area contributed by atoms with Gasteiger partial charge in [-0.05, 0) is 48.6 Å². The zero-order valence-electron chi connectivity index (χ0n) is 15.4. The normalized spacial score (nSPS) is 20.8. The number of ether oxygens (including phenoxy) is 1. The molecule has 0 saturated carbocycles. The third-order valence-electron chi connectivity index (χ3n) is 5.94. The smallest absolute Gasteiger partial charge is 0.314 e. The number of fused-ring (bicyclic) bond motifs is 1. The van der Waals surface area contributed by atoms with Gasteiger partial charge in [0, 0.05) is 18.1 Å². The molecule has 4 rings (SSSR count). The summed E-state index contributed by atoms with van der Waals surface area (Å²) in [6.45, 7) is 1.20. The first-order valence-electron chi connectivity index (χ1n) is 9.48. The number of aliphatic carboxylic acids is 1. The summed E-state index contributed by atoms with van der Waals surface area (Å²) in [5.41, 5.74) is 0.818. The summed E-state index contributed by atoms with van der Waals surface area (Å²) in [6.07, 6.45) is 1.41. The standard InChI is InChI=1S/C22H22ClNO4/c23-18-6-7-19-15(13-18)12-16(14-28-19)20(25)24-10-8-22(9-11-24,21(26)27)17-4-2-1-3-5-17/h1-7,13,16H,8-12,14H2,(H,26,27). The second-order valence-corrected chi connectivity index (χ2v) is 7.98. The molecule has 1 atom stereocenters. The molecule has 28 heavy (non-hydrogen) atoms. The Kier molecular flexibility index (Phi) is 5.02. The molecule has 0 aliphatic carbocycles. The predicted molar refractivity (Wildman–Crippen MR) is 106 cm³/mol. The Bertz CT molecular complexity index is 891. The SMILES string of the molecule is O=C(C1COc2ccc(Cl)cc2C1)N1CCC(C(=O)O)(c2ccccc2)CC1. The second kappa shape index (κ2) is 7.47. The quantitative estimate of drug-likeness (QED) is 0.857. The Morgan fingerprint density at radius 2 is 1.82 bits per heavy atom. The molecule has 1 fully saturated rings. The van der Waals surface area contributed by atoms with Gasteiger partial charge >= 0.3 is 5.97 Å². The summed E-state index contributed by atoms with van der Waals surface area (Å²) in [6, 6.07) is 14.8. The molecule has 6 heteroatoms. The third-order valence-corrected chi connectivity index (χ3v) is 6.18. The van der Waals surface area contributed by atoms with E-state index in [1.54, 1.807) is 11.0 Å². The van der Waals surface area contributed by atoms with E-state index >= 15 is 0 Å². The average molecular weight is 400 g/mol. The first kappa shape index (κ1) is 18.8. The van der Waals surface area contributed by atoms with Crippen molar-refractivity contribution in [2.45, 2.75) is 24.7 Å². The number of piperidine rings is 1. The van der Waals surface area contributed by atoms with E-state index in [2.05, 4.69) is 0 Å². The van der Waals surface area contributed by atoms with Gasteiger partial charge in [-0.3, -0.25) is 9.59 Å². The maximum Gasteiger partial charge on any atom is 0.314 e. The van der Waals surface area contributed by atoms with Crippen molar-refractivity contribution in [1.29, 1.82) is 0 Å². The van der Waals surface area contributed by atoms with Gasteiger partial charge in [0.05, 0.1) is 11.3 Å². The zero-order valence-corrected chi connectivity index (χ0v) is 16.2. The molecule has 1 saturated heterocycles. The minimum absolute atomic E-state index is 0.0256. The molecule has 2 aromatic rings. The van der Waals surface area contributed by atoms with Crippen LogP contribution in [0.3, 0.4) is 0 Å². The Morgan fingerprint density at radius 1 is 1.11 bits per heavy atom. The molecule has 2 aliphatic heterocycles. The molecule has 1 amide bonds. The molecular weight excluding hydrogens is 378 g/mol. The number of benzene rings is 2. The molecule has 0 bridgehead atoms. The molecule has 1 unspecified atom stereocenters. The molecule has 1 N–H and O–H groups in total. The molecular formula is C22H22ClNO4.